The summed E-state index contributed by atoms with van der Waals surface area (Å²) in [5.41, 5.74) is 6.74. The summed E-state index contributed by atoms with van der Waals surface area (Å²) in [6.07, 6.45) is 6.27. The van der Waals surface area contributed by atoms with Crippen LogP contribution >= 0.6 is 0 Å². The Morgan fingerprint density at radius 2 is 1.88 bits per heavy atom. The van der Waals surface area contributed by atoms with Crippen molar-refractivity contribution in [2.75, 3.05) is 13.8 Å². The van der Waals surface area contributed by atoms with Crippen molar-refractivity contribution in [1.29, 1.82) is 0 Å². The maximum Gasteiger partial charge on any atom is 0.186 e. The second-order valence-electron chi connectivity index (χ2n) is 4.24. The van der Waals surface area contributed by atoms with Gasteiger partial charge in [0.15, 0.2) is 6.79 Å². The standard InChI is InChI=1S/C12H18O2.CH5N/c1-9-5-6-12(3,4)7-11(10(9)2)14-8-13;1-2/h5-7,13H,8H2,1-4H3;2H2,1H3. The lowest BCUT2D eigenvalue weighted by Crippen LogP contribution is -2.05. The van der Waals surface area contributed by atoms with Crippen LogP contribution in [0.4, 0.5) is 0 Å². The Kier molecular flexibility index (Phi) is 6.08. The predicted molar refractivity (Wildman–Crippen MR) is 67.7 cm³/mol. The smallest absolute Gasteiger partial charge is 0.186 e. The van der Waals surface area contributed by atoms with Gasteiger partial charge in [0.25, 0.3) is 0 Å². The van der Waals surface area contributed by atoms with E-state index in [4.69, 9.17) is 9.84 Å². The Morgan fingerprint density at radius 1 is 1.31 bits per heavy atom. The van der Waals surface area contributed by atoms with Crippen molar-refractivity contribution in [3.63, 3.8) is 0 Å². The lowest BCUT2D eigenvalue weighted by molar-refractivity contribution is 0.0447. The molecule has 0 radical (unpaired) electrons. The topological polar surface area (TPSA) is 55.5 Å². The maximum atomic E-state index is 8.78. The molecular weight excluding hydrogens is 202 g/mol. The summed E-state index contributed by atoms with van der Waals surface area (Å²) >= 11 is 0. The SMILES string of the molecule is CC1=C(C)C(OCO)=CC(C)(C)C=C1.CN. The van der Waals surface area contributed by atoms with E-state index in [1.165, 1.54) is 12.6 Å². The number of aliphatic hydroxyl groups excluding tert-OH is 1. The van der Waals surface area contributed by atoms with Crippen LogP contribution in [0.1, 0.15) is 27.7 Å². The fourth-order valence-corrected chi connectivity index (χ4v) is 1.37. The van der Waals surface area contributed by atoms with Crippen LogP contribution in [0.2, 0.25) is 0 Å². The largest absolute Gasteiger partial charge is 0.468 e. The minimum atomic E-state index is -0.271. The Hall–Kier alpha value is -1.06. The number of aliphatic hydroxyl groups is 1. The minimum Gasteiger partial charge on any atom is -0.468 e. The normalized spacial score (nSPS) is 18.3. The first-order valence-electron chi connectivity index (χ1n) is 5.37. The van der Waals surface area contributed by atoms with E-state index >= 15 is 0 Å². The van der Waals surface area contributed by atoms with Crippen LogP contribution in [-0.2, 0) is 4.74 Å². The lowest BCUT2D eigenvalue weighted by Gasteiger charge is -2.16. The van der Waals surface area contributed by atoms with Gasteiger partial charge in [-0.2, -0.15) is 0 Å². The number of rotatable bonds is 2. The first-order valence-corrected chi connectivity index (χ1v) is 5.37. The number of nitrogens with two attached hydrogens (primary N) is 1. The van der Waals surface area contributed by atoms with E-state index in [9.17, 15) is 0 Å². The fourth-order valence-electron chi connectivity index (χ4n) is 1.37. The quantitative estimate of drug-likeness (QED) is 0.709. The highest BCUT2D eigenvalue weighted by Crippen LogP contribution is 2.30. The van der Waals surface area contributed by atoms with E-state index in [2.05, 4.69) is 31.7 Å². The molecule has 92 valence electrons. The number of hydrogen-bond acceptors (Lipinski definition) is 3. The highest BCUT2D eigenvalue weighted by molar-refractivity contribution is 5.39. The molecule has 0 aromatic heterocycles. The van der Waals surface area contributed by atoms with Crippen molar-refractivity contribution in [3.05, 3.63) is 35.1 Å². The van der Waals surface area contributed by atoms with Gasteiger partial charge < -0.3 is 15.6 Å². The van der Waals surface area contributed by atoms with Gasteiger partial charge in [-0.25, -0.2) is 0 Å². The highest BCUT2D eigenvalue weighted by atomic mass is 16.6. The van der Waals surface area contributed by atoms with Gasteiger partial charge in [-0.05, 0) is 38.1 Å². The first-order chi connectivity index (χ1) is 7.46. The monoisotopic (exact) mass is 225 g/mol. The van der Waals surface area contributed by atoms with Gasteiger partial charge in [-0.15, -0.1) is 0 Å². The minimum absolute atomic E-state index is 0.0243. The molecule has 0 spiro atoms. The van der Waals surface area contributed by atoms with Gasteiger partial charge in [-0.3, -0.25) is 0 Å². The maximum absolute atomic E-state index is 8.78. The number of hydrogen-bond donors (Lipinski definition) is 2. The average molecular weight is 225 g/mol. The second kappa shape index (κ2) is 6.51. The molecular formula is C13H23NO2. The van der Waals surface area contributed by atoms with Crippen molar-refractivity contribution >= 4 is 0 Å². The summed E-state index contributed by atoms with van der Waals surface area (Å²) in [5, 5.41) is 8.78. The summed E-state index contributed by atoms with van der Waals surface area (Å²) in [6, 6.07) is 0. The van der Waals surface area contributed by atoms with Gasteiger partial charge in [0.1, 0.15) is 5.76 Å². The third kappa shape index (κ3) is 4.21. The lowest BCUT2D eigenvalue weighted by atomic mass is 9.92. The molecule has 16 heavy (non-hydrogen) atoms. The second-order valence-corrected chi connectivity index (χ2v) is 4.24. The fraction of sp³-hybridized carbons (Fsp3) is 0.538. The van der Waals surface area contributed by atoms with Crippen LogP contribution < -0.4 is 5.73 Å². The first kappa shape index (κ1) is 14.9. The molecule has 0 unspecified atom stereocenters. The molecule has 0 saturated heterocycles. The summed E-state index contributed by atoms with van der Waals surface area (Å²) in [5.74, 6) is 0.778. The van der Waals surface area contributed by atoms with E-state index in [1.54, 1.807) is 0 Å². The molecule has 3 nitrogen and oxygen atoms in total. The molecule has 0 amide bonds. The van der Waals surface area contributed by atoms with Gasteiger partial charge in [0.05, 0.1) is 0 Å². The number of allylic oxidation sites excluding steroid dienone is 5. The molecule has 1 rings (SSSR count). The van der Waals surface area contributed by atoms with Crippen molar-refractivity contribution in [3.8, 4) is 0 Å². The Morgan fingerprint density at radius 3 is 2.38 bits per heavy atom. The number of ether oxygens (including phenoxy) is 1. The molecule has 0 heterocycles. The van der Waals surface area contributed by atoms with Crippen molar-refractivity contribution in [2.24, 2.45) is 11.1 Å². The summed E-state index contributed by atoms with van der Waals surface area (Å²) in [4.78, 5) is 0. The zero-order chi connectivity index (χ0) is 12.8. The average Bonchev–Trinajstić information content (AvgIpc) is 2.34. The third-order valence-electron chi connectivity index (χ3n) is 2.45. The molecule has 0 saturated carbocycles. The Bertz CT molecular complexity index is 312. The van der Waals surface area contributed by atoms with Crippen LogP contribution in [0.15, 0.2) is 35.1 Å². The van der Waals surface area contributed by atoms with Crippen LogP contribution in [0.25, 0.3) is 0 Å². The predicted octanol–water partition coefficient (Wildman–Crippen LogP) is 2.34. The van der Waals surface area contributed by atoms with E-state index in [-0.39, 0.29) is 12.2 Å². The molecule has 0 aliphatic heterocycles. The van der Waals surface area contributed by atoms with E-state index < -0.39 is 0 Å². The van der Waals surface area contributed by atoms with Gasteiger partial charge in [-0.1, -0.05) is 26.0 Å². The molecule has 1 aliphatic carbocycles. The molecule has 0 bridgehead atoms. The van der Waals surface area contributed by atoms with Crippen LogP contribution in [0, 0.1) is 5.41 Å². The Balaban J connectivity index is 0.00000106. The van der Waals surface area contributed by atoms with Crippen molar-refractivity contribution in [2.45, 2.75) is 27.7 Å². The molecule has 0 atom stereocenters. The van der Waals surface area contributed by atoms with Gasteiger partial charge in [0.2, 0.25) is 0 Å². The van der Waals surface area contributed by atoms with Crippen LogP contribution in [0.3, 0.4) is 0 Å². The molecule has 0 aromatic carbocycles. The molecule has 0 fully saturated rings. The summed E-state index contributed by atoms with van der Waals surface area (Å²) in [7, 11) is 1.50. The molecule has 0 aromatic rings. The summed E-state index contributed by atoms with van der Waals surface area (Å²) < 4.78 is 5.20. The molecule has 3 heteroatoms. The zero-order valence-electron chi connectivity index (χ0n) is 10.9. The van der Waals surface area contributed by atoms with Gasteiger partial charge in [0, 0.05) is 5.41 Å². The zero-order valence-corrected chi connectivity index (χ0v) is 10.9. The summed E-state index contributed by atoms with van der Waals surface area (Å²) in [6.45, 7) is 7.99. The van der Waals surface area contributed by atoms with Crippen molar-refractivity contribution < 1.29 is 9.84 Å². The Labute approximate surface area is 98.3 Å². The van der Waals surface area contributed by atoms with E-state index in [1.807, 2.05) is 19.9 Å². The van der Waals surface area contributed by atoms with Crippen LogP contribution in [-0.4, -0.2) is 18.9 Å². The molecule has 1 aliphatic rings. The van der Waals surface area contributed by atoms with Crippen LogP contribution in [0.5, 0.6) is 0 Å². The van der Waals surface area contributed by atoms with E-state index in [0.717, 1.165) is 11.3 Å². The van der Waals surface area contributed by atoms with E-state index in [0.29, 0.717) is 0 Å². The van der Waals surface area contributed by atoms with Crippen molar-refractivity contribution in [1.82, 2.24) is 0 Å². The molecule has 3 N–H and O–H groups in total. The van der Waals surface area contributed by atoms with Gasteiger partial charge >= 0.3 is 0 Å². The highest BCUT2D eigenvalue weighted by Gasteiger charge is 2.17. The third-order valence-corrected chi connectivity index (χ3v) is 2.45.